The average Bonchev–Trinajstić information content (AvgIpc) is 3.69. The number of aromatic nitrogens is 3. The van der Waals surface area contributed by atoms with Crippen molar-refractivity contribution < 1.29 is 0 Å². The molecule has 0 saturated heterocycles. The summed E-state index contributed by atoms with van der Waals surface area (Å²) in [4.78, 5) is 15.4. The van der Waals surface area contributed by atoms with Crippen LogP contribution in [0.1, 0.15) is 0 Å². The highest BCUT2D eigenvalue weighted by Gasteiger charge is 2.19. The van der Waals surface area contributed by atoms with E-state index in [1.165, 1.54) is 90.4 Å². The first-order valence-corrected chi connectivity index (χ1v) is 20.8. The maximum Gasteiger partial charge on any atom is 0.164 e. The summed E-state index contributed by atoms with van der Waals surface area (Å²) in [5.41, 5.74) is 5.22. The Labute approximate surface area is 342 Å². The zero-order valence-electron chi connectivity index (χ0n) is 31.6. The fourth-order valence-electron chi connectivity index (χ4n) is 9.57. The zero-order chi connectivity index (χ0) is 38.6. The number of hydrogen-bond donors (Lipinski definition) is 0. The van der Waals surface area contributed by atoms with Gasteiger partial charge in [0.1, 0.15) is 0 Å². The fourth-order valence-corrected chi connectivity index (χ4v) is 10.7. The van der Waals surface area contributed by atoms with Gasteiger partial charge >= 0.3 is 0 Å². The second-order valence-corrected chi connectivity index (χ2v) is 16.6. The predicted molar refractivity (Wildman–Crippen MR) is 251 cm³/mol. The van der Waals surface area contributed by atoms with Crippen LogP contribution < -0.4 is 0 Å². The fraction of sp³-hybridized carbons (Fsp3) is 0. The Balaban J connectivity index is 1.02. The van der Waals surface area contributed by atoms with Crippen molar-refractivity contribution in [3.05, 3.63) is 188 Å². The molecule has 0 N–H and O–H groups in total. The first-order chi connectivity index (χ1) is 29.2. The zero-order valence-corrected chi connectivity index (χ0v) is 32.5. The summed E-state index contributed by atoms with van der Waals surface area (Å²) in [5.74, 6) is 1.98. The first kappa shape index (κ1) is 32.5. The average molecular weight is 766 g/mol. The molecule has 0 saturated carbocycles. The van der Waals surface area contributed by atoms with E-state index in [2.05, 4.69) is 170 Å². The van der Waals surface area contributed by atoms with E-state index in [-0.39, 0.29) is 0 Å². The second-order valence-electron chi connectivity index (χ2n) is 15.5. The topological polar surface area (TPSA) is 38.7 Å². The standard InChI is InChI=1S/C55H31N3S/c1-2-10-36(11-3-1)53-56-54(58-55(57-53)44-19-9-21-47-52(44)43-15-4-5-20-46(43)59-47)37-27-22-32(23-28-37)39-30-38-29-26-35-13-7-17-41-40-16-6-12-33-24-25-34-14-8-18-42(50(34)48(33)40)45(31-39)51(38)49(35)41/h1-31H. The van der Waals surface area contributed by atoms with E-state index >= 15 is 0 Å². The molecule has 0 fully saturated rings. The van der Waals surface area contributed by atoms with Crippen LogP contribution in [0.3, 0.4) is 0 Å². The molecule has 0 spiro atoms. The number of thiophene rings is 1. The molecule has 59 heavy (non-hydrogen) atoms. The monoisotopic (exact) mass is 765 g/mol. The maximum atomic E-state index is 5.20. The summed E-state index contributed by atoms with van der Waals surface area (Å²) in [5, 5.41) is 17.8. The molecular weight excluding hydrogens is 735 g/mol. The van der Waals surface area contributed by atoms with E-state index in [0.29, 0.717) is 17.5 Å². The van der Waals surface area contributed by atoms with Crippen LogP contribution in [0.4, 0.5) is 0 Å². The normalized spacial score (nSPS) is 12.1. The van der Waals surface area contributed by atoms with Crippen molar-refractivity contribution in [1.29, 1.82) is 0 Å². The molecule has 0 aliphatic heterocycles. The lowest BCUT2D eigenvalue weighted by molar-refractivity contribution is 1.08. The Kier molecular flexibility index (Phi) is 6.89. The summed E-state index contributed by atoms with van der Waals surface area (Å²) in [7, 11) is 0. The maximum absolute atomic E-state index is 5.20. The number of benzene rings is 10. The van der Waals surface area contributed by atoms with Gasteiger partial charge in [-0.15, -0.1) is 11.3 Å². The molecule has 0 bridgehead atoms. The van der Waals surface area contributed by atoms with E-state index in [0.717, 1.165) is 22.3 Å². The van der Waals surface area contributed by atoms with E-state index in [4.69, 9.17) is 15.0 Å². The Hall–Kier alpha value is -7.53. The van der Waals surface area contributed by atoms with Gasteiger partial charge in [0.15, 0.2) is 17.5 Å². The van der Waals surface area contributed by atoms with Crippen LogP contribution in [-0.4, -0.2) is 15.0 Å². The highest BCUT2D eigenvalue weighted by atomic mass is 32.1. The highest BCUT2D eigenvalue weighted by molar-refractivity contribution is 7.25. The van der Waals surface area contributed by atoms with Gasteiger partial charge in [0, 0.05) is 36.9 Å². The number of hydrogen-bond acceptors (Lipinski definition) is 4. The van der Waals surface area contributed by atoms with E-state index in [1.807, 2.05) is 18.2 Å². The lowest BCUT2D eigenvalue weighted by Gasteiger charge is -2.17. The highest BCUT2D eigenvalue weighted by Crippen LogP contribution is 2.45. The van der Waals surface area contributed by atoms with Crippen LogP contribution in [0, 0.1) is 0 Å². The molecular formula is C55H31N3S. The van der Waals surface area contributed by atoms with Crippen molar-refractivity contribution in [3.63, 3.8) is 0 Å². The van der Waals surface area contributed by atoms with Crippen LogP contribution in [0.25, 0.3) is 130 Å². The molecule has 2 heterocycles. The Morgan fingerprint density at radius 3 is 1.44 bits per heavy atom. The molecule has 4 heteroatoms. The Morgan fingerprint density at radius 2 is 0.763 bits per heavy atom. The number of nitrogens with zero attached hydrogens (tertiary/aromatic N) is 3. The lowest BCUT2D eigenvalue weighted by atomic mass is 9.86. The van der Waals surface area contributed by atoms with E-state index < -0.39 is 0 Å². The minimum atomic E-state index is 0.649. The van der Waals surface area contributed by atoms with Gasteiger partial charge in [0.2, 0.25) is 0 Å². The number of fused-ring (bicyclic) bond motifs is 5. The smallest absolute Gasteiger partial charge is 0.164 e. The SMILES string of the molecule is c1ccc(-c2nc(-c3ccc(-c4cc5ccc6cccc7c8cccc9ccc%10cccc(c(c4)c5c67)c%10c98)cc3)nc(-c3cccc4sc5ccccc5c34)n2)cc1. The van der Waals surface area contributed by atoms with Gasteiger partial charge in [-0.2, -0.15) is 0 Å². The molecule has 272 valence electrons. The lowest BCUT2D eigenvalue weighted by Crippen LogP contribution is -2.00. The predicted octanol–water partition coefficient (Wildman–Crippen LogP) is 15.3. The molecule has 0 atom stereocenters. The van der Waals surface area contributed by atoms with Crippen molar-refractivity contribution in [1.82, 2.24) is 15.0 Å². The molecule has 0 radical (unpaired) electrons. The van der Waals surface area contributed by atoms with E-state index in [1.54, 1.807) is 11.3 Å². The van der Waals surface area contributed by atoms with Crippen LogP contribution in [0.5, 0.6) is 0 Å². The summed E-state index contributed by atoms with van der Waals surface area (Å²) < 4.78 is 2.47. The summed E-state index contributed by atoms with van der Waals surface area (Å²) >= 11 is 1.80. The van der Waals surface area contributed by atoms with Gasteiger partial charge in [-0.1, -0.05) is 164 Å². The van der Waals surface area contributed by atoms with Crippen molar-refractivity contribution in [3.8, 4) is 45.3 Å². The summed E-state index contributed by atoms with van der Waals surface area (Å²) in [6.07, 6.45) is 0. The van der Waals surface area contributed by atoms with Crippen LogP contribution in [0.2, 0.25) is 0 Å². The Bertz CT molecular complexity index is 3820. The molecule has 13 rings (SSSR count). The van der Waals surface area contributed by atoms with Crippen LogP contribution >= 0.6 is 11.3 Å². The van der Waals surface area contributed by atoms with Gasteiger partial charge in [-0.25, -0.2) is 15.0 Å². The van der Waals surface area contributed by atoms with Crippen LogP contribution in [-0.2, 0) is 0 Å². The van der Waals surface area contributed by atoms with Crippen LogP contribution in [0.15, 0.2) is 188 Å². The second kappa shape index (κ2) is 12.5. The van der Waals surface area contributed by atoms with Crippen molar-refractivity contribution >= 4 is 96.1 Å². The molecule has 13 aromatic rings. The molecule has 0 unspecified atom stereocenters. The minimum absolute atomic E-state index is 0.649. The van der Waals surface area contributed by atoms with Gasteiger partial charge in [-0.3, -0.25) is 0 Å². The minimum Gasteiger partial charge on any atom is -0.208 e. The molecule has 0 aliphatic carbocycles. The number of rotatable bonds is 4. The van der Waals surface area contributed by atoms with Crippen molar-refractivity contribution in [2.45, 2.75) is 0 Å². The van der Waals surface area contributed by atoms with Gasteiger partial charge in [0.25, 0.3) is 0 Å². The molecule has 2 aromatic heterocycles. The van der Waals surface area contributed by atoms with Gasteiger partial charge in [-0.05, 0) is 100 Å². The van der Waals surface area contributed by atoms with E-state index in [9.17, 15) is 0 Å². The third-order valence-corrected chi connectivity index (χ3v) is 13.3. The summed E-state index contributed by atoms with van der Waals surface area (Å²) in [6, 6.07) is 68.2. The first-order valence-electron chi connectivity index (χ1n) is 20.0. The van der Waals surface area contributed by atoms with Gasteiger partial charge < -0.3 is 0 Å². The molecule has 3 nitrogen and oxygen atoms in total. The largest absolute Gasteiger partial charge is 0.208 e. The van der Waals surface area contributed by atoms with Gasteiger partial charge in [0.05, 0.1) is 0 Å². The molecule has 0 amide bonds. The third kappa shape index (κ3) is 4.91. The quantitative estimate of drug-likeness (QED) is 0.168. The van der Waals surface area contributed by atoms with Crippen molar-refractivity contribution in [2.75, 3.05) is 0 Å². The summed E-state index contributed by atoms with van der Waals surface area (Å²) in [6.45, 7) is 0. The third-order valence-electron chi connectivity index (χ3n) is 12.2. The molecule has 11 aromatic carbocycles. The van der Waals surface area contributed by atoms with Crippen molar-refractivity contribution in [2.24, 2.45) is 0 Å². The molecule has 0 aliphatic rings. The Morgan fingerprint density at radius 1 is 0.271 bits per heavy atom.